The van der Waals surface area contributed by atoms with E-state index in [1.54, 1.807) is 16.7 Å². The fourth-order valence-corrected chi connectivity index (χ4v) is 3.93. The molecule has 1 unspecified atom stereocenters. The highest BCUT2D eigenvalue weighted by molar-refractivity contribution is 8.00. The molecule has 1 aliphatic heterocycles. The number of carbonyl (C=O) groups is 1. The number of ether oxygens (including phenoxy) is 1. The lowest BCUT2D eigenvalue weighted by Crippen LogP contribution is -2.48. The highest BCUT2D eigenvalue weighted by Gasteiger charge is 2.45. The van der Waals surface area contributed by atoms with Gasteiger partial charge in [-0.2, -0.15) is 0 Å². The standard InChI is InChI=1S/C16H31NO3S/c1-10(2)11-9-17(14(19)20-16(6,7)8)13(21-11)12(18)15(3,4)5/h10-13,18H,9H2,1-8H3/t11-,12-,13?/m1/s1. The van der Waals surface area contributed by atoms with Crippen LogP contribution in [0.15, 0.2) is 0 Å². The van der Waals surface area contributed by atoms with Crippen LogP contribution in [0.3, 0.4) is 0 Å². The van der Waals surface area contributed by atoms with Crippen LogP contribution in [0.5, 0.6) is 0 Å². The van der Waals surface area contributed by atoms with Crippen molar-refractivity contribution in [3.05, 3.63) is 0 Å². The van der Waals surface area contributed by atoms with Crippen molar-refractivity contribution in [2.75, 3.05) is 6.54 Å². The molecule has 21 heavy (non-hydrogen) atoms. The zero-order valence-electron chi connectivity index (χ0n) is 14.6. The fraction of sp³-hybridized carbons (Fsp3) is 0.938. The minimum Gasteiger partial charge on any atom is -0.444 e. The first-order valence-corrected chi connectivity index (χ1v) is 8.60. The van der Waals surface area contributed by atoms with E-state index in [9.17, 15) is 9.90 Å². The number of aliphatic hydroxyl groups excluding tert-OH is 1. The summed E-state index contributed by atoms with van der Waals surface area (Å²) in [6.07, 6.45) is -0.912. The van der Waals surface area contributed by atoms with Gasteiger partial charge in [0.15, 0.2) is 0 Å². The Bertz CT molecular complexity index is 371. The first-order valence-electron chi connectivity index (χ1n) is 7.66. The molecule has 4 nitrogen and oxygen atoms in total. The molecule has 1 heterocycles. The molecule has 1 rings (SSSR count). The van der Waals surface area contributed by atoms with Crippen molar-refractivity contribution < 1.29 is 14.6 Å². The van der Waals surface area contributed by atoms with Crippen LogP contribution in [0.2, 0.25) is 0 Å². The van der Waals surface area contributed by atoms with Crippen LogP contribution in [0.1, 0.15) is 55.4 Å². The monoisotopic (exact) mass is 317 g/mol. The molecule has 0 saturated carbocycles. The van der Waals surface area contributed by atoms with Crippen LogP contribution in [0.25, 0.3) is 0 Å². The van der Waals surface area contributed by atoms with Gasteiger partial charge in [-0.15, -0.1) is 11.8 Å². The summed E-state index contributed by atoms with van der Waals surface area (Å²) in [6.45, 7) is 16.5. The van der Waals surface area contributed by atoms with Crippen LogP contribution in [-0.2, 0) is 4.74 Å². The Hall–Kier alpha value is -0.420. The molecule has 0 spiro atoms. The van der Waals surface area contributed by atoms with E-state index in [1.165, 1.54) is 0 Å². The van der Waals surface area contributed by atoms with Crippen molar-refractivity contribution in [2.24, 2.45) is 11.3 Å². The number of thioether (sulfide) groups is 1. The minimum absolute atomic E-state index is 0.243. The summed E-state index contributed by atoms with van der Waals surface area (Å²) >= 11 is 1.69. The Kier molecular flexibility index (Phi) is 5.65. The average molecular weight is 317 g/mol. The smallest absolute Gasteiger partial charge is 0.411 e. The minimum atomic E-state index is -0.584. The number of rotatable bonds is 2. The molecule has 124 valence electrons. The third-order valence-electron chi connectivity index (χ3n) is 3.53. The summed E-state index contributed by atoms with van der Waals surface area (Å²) < 4.78 is 5.51. The number of amides is 1. The largest absolute Gasteiger partial charge is 0.444 e. The van der Waals surface area contributed by atoms with Gasteiger partial charge in [0.2, 0.25) is 0 Å². The number of carbonyl (C=O) groups excluding carboxylic acids is 1. The molecule has 0 aromatic heterocycles. The number of nitrogens with zero attached hydrogens (tertiary/aromatic N) is 1. The lowest BCUT2D eigenvalue weighted by atomic mass is 9.88. The maximum absolute atomic E-state index is 12.5. The topological polar surface area (TPSA) is 49.8 Å². The number of aliphatic hydroxyl groups is 1. The van der Waals surface area contributed by atoms with Crippen molar-refractivity contribution in [1.82, 2.24) is 4.90 Å². The van der Waals surface area contributed by atoms with Gasteiger partial charge in [0.25, 0.3) is 0 Å². The normalized spacial score (nSPS) is 25.3. The molecule has 0 aromatic carbocycles. The summed E-state index contributed by atoms with van der Waals surface area (Å²) in [5.74, 6) is 0.456. The molecule has 1 N–H and O–H groups in total. The van der Waals surface area contributed by atoms with Crippen LogP contribution < -0.4 is 0 Å². The predicted octanol–water partition coefficient (Wildman–Crippen LogP) is 3.73. The van der Waals surface area contributed by atoms with E-state index in [0.717, 1.165) is 0 Å². The van der Waals surface area contributed by atoms with Gasteiger partial charge in [0.1, 0.15) is 11.0 Å². The molecule has 0 aliphatic carbocycles. The lowest BCUT2D eigenvalue weighted by Gasteiger charge is -2.35. The molecular weight excluding hydrogens is 286 g/mol. The van der Waals surface area contributed by atoms with E-state index in [0.29, 0.717) is 17.7 Å². The van der Waals surface area contributed by atoms with Crippen LogP contribution in [0.4, 0.5) is 4.79 Å². The van der Waals surface area contributed by atoms with Crippen molar-refractivity contribution in [3.8, 4) is 0 Å². The third kappa shape index (κ3) is 5.06. The summed E-state index contributed by atoms with van der Waals surface area (Å²) in [5, 5.41) is 10.7. The Morgan fingerprint density at radius 2 is 1.76 bits per heavy atom. The van der Waals surface area contributed by atoms with Crippen molar-refractivity contribution >= 4 is 17.9 Å². The van der Waals surface area contributed by atoms with Crippen molar-refractivity contribution in [1.29, 1.82) is 0 Å². The second-order valence-corrected chi connectivity index (χ2v) is 9.61. The van der Waals surface area contributed by atoms with E-state index < -0.39 is 11.7 Å². The lowest BCUT2D eigenvalue weighted by molar-refractivity contribution is -0.00860. The first kappa shape index (κ1) is 18.6. The Labute approximate surface area is 133 Å². The second kappa shape index (κ2) is 6.37. The van der Waals surface area contributed by atoms with Crippen molar-refractivity contribution in [2.45, 2.75) is 77.7 Å². The summed E-state index contributed by atoms with van der Waals surface area (Å²) in [6, 6.07) is 0. The maximum Gasteiger partial charge on any atom is 0.411 e. The van der Waals surface area contributed by atoms with Gasteiger partial charge in [-0.3, -0.25) is 4.90 Å². The molecular formula is C16H31NO3S. The average Bonchev–Trinajstić information content (AvgIpc) is 2.68. The van der Waals surface area contributed by atoms with Gasteiger partial charge in [0, 0.05) is 11.8 Å². The Morgan fingerprint density at radius 3 is 2.14 bits per heavy atom. The van der Waals surface area contributed by atoms with E-state index >= 15 is 0 Å². The van der Waals surface area contributed by atoms with Crippen LogP contribution >= 0.6 is 11.8 Å². The van der Waals surface area contributed by atoms with Gasteiger partial charge >= 0.3 is 6.09 Å². The highest BCUT2D eigenvalue weighted by Crippen LogP contribution is 2.41. The molecule has 1 saturated heterocycles. The van der Waals surface area contributed by atoms with Crippen LogP contribution in [-0.4, -0.2) is 45.0 Å². The second-order valence-electron chi connectivity index (χ2n) is 8.25. The number of hydrogen-bond donors (Lipinski definition) is 1. The highest BCUT2D eigenvalue weighted by atomic mass is 32.2. The maximum atomic E-state index is 12.5. The molecule has 0 radical (unpaired) electrons. The SMILES string of the molecule is CC(C)[C@H]1CN(C(=O)OC(C)(C)C)C([C@@H](O)C(C)(C)C)S1. The van der Waals surface area contributed by atoms with E-state index in [1.807, 2.05) is 41.5 Å². The summed E-state index contributed by atoms with van der Waals surface area (Å²) in [4.78, 5) is 14.2. The van der Waals surface area contributed by atoms with E-state index in [2.05, 4.69) is 13.8 Å². The molecule has 0 bridgehead atoms. The first-order chi connectivity index (χ1) is 9.33. The Morgan fingerprint density at radius 1 is 1.24 bits per heavy atom. The molecule has 1 aliphatic rings. The molecule has 1 fully saturated rings. The fourth-order valence-electron chi connectivity index (χ4n) is 2.13. The third-order valence-corrected chi connectivity index (χ3v) is 5.36. The van der Waals surface area contributed by atoms with Gasteiger partial charge < -0.3 is 9.84 Å². The van der Waals surface area contributed by atoms with E-state index in [4.69, 9.17) is 4.74 Å². The van der Waals surface area contributed by atoms with Gasteiger partial charge in [-0.25, -0.2) is 4.79 Å². The quantitative estimate of drug-likeness (QED) is 0.843. The predicted molar refractivity (Wildman–Crippen MR) is 88.4 cm³/mol. The molecule has 1 amide bonds. The Balaban J connectivity index is 2.93. The zero-order chi connectivity index (χ0) is 16.6. The van der Waals surface area contributed by atoms with Crippen LogP contribution in [0, 0.1) is 11.3 Å². The molecule has 5 heteroatoms. The summed E-state index contributed by atoms with van der Waals surface area (Å²) in [5.41, 5.74) is -0.793. The van der Waals surface area contributed by atoms with Gasteiger partial charge in [0.05, 0.1) is 6.10 Å². The summed E-state index contributed by atoms with van der Waals surface area (Å²) in [7, 11) is 0. The molecule has 3 atom stereocenters. The molecule has 0 aromatic rings. The van der Waals surface area contributed by atoms with Crippen molar-refractivity contribution in [3.63, 3.8) is 0 Å². The van der Waals surface area contributed by atoms with Gasteiger partial charge in [-0.1, -0.05) is 34.6 Å². The van der Waals surface area contributed by atoms with Gasteiger partial charge in [-0.05, 0) is 32.1 Å². The number of hydrogen-bond acceptors (Lipinski definition) is 4. The zero-order valence-corrected chi connectivity index (χ0v) is 15.5. The van der Waals surface area contributed by atoms with E-state index in [-0.39, 0.29) is 16.9 Å².